The summed E-state index contributed by atoms with van der Waals surface area (Å²) < 4.78 is 0. The molecule has 1 atom stereocenters. The van der Waals surface area contributed by atoms with Gasteiger partial charge in [-0.2, -0.15) is 0 Å². The Labute approximate surface area is 113 Å². The zero-order valence-corrected chi connectivity index (χ0v) is 13.0. The Kier molecular flexibility index (Phi) is 5.68. The van der Waals surface area contributed by atoms with Crippen molar-refractivity contribution < 1.29 is 4.79 Å². The third-order valence-electron chi connectivity index (χ3n) is 4.16. The van der Waals surface area contributed by atoms with Crippen molar-refractivity contribution in [1.29, 1.82) is 0 Å². The lowest BCUT2D eigenvalue weighted by Gasteiger charge is -2.24. The molecule has 106 valence electrons. The van der Waals surface area contributed by atoms with Gasteiger partial charge in [0.25, 0.3) is 0 Å². The Morgan fingerprint density at radius 2 is 1.89 bits per heavy atom. The van der Waals surface area contributed by atoms with E-state index in [4.69, 9.17) is 0 Å². The normalized spacial score (nSPS) is 22.1. The second-order valence-corrected chi connectivity index (χ2v) is 7.38. The molecule has 18 heavy (non-hydrogen) atoms. The highest BCUT2D eigenvalue weighted by Gasteiger charge is 2.23. The van der Waals surface area contributed by atoms with Gasteiger partial charge in [-0.1, -0.05) is 34.6 Å². The van der Waals surface area contributed by atoms with E-state index in [2.05, 4.69) is 39.5 Å². The summed E-state index contributed by atoms with van der Waals surface area (Å²) in [6, 6.07) is 0. The number of amides is 1. The van der Waals surface area contributed by atoms with Gasteiger partial charge >= 0.3 is 0 Å². The van der Waals surface area contributed by atoms with Gasteiger partial charge in [0.05, 0.1) is 0 Å². The zero-order chi connectivity index (χ0) is 13.8. The first-order chi connectivity index (χ1) is 8.29. The van der Waals surface area contributed by atoms with E-state index in [9.17, 15) is 4.79 Å². The molecule has 0 N–H and O–H groups in total. The van der Waals surface area contributed by atoms with E-state index in [1.54, 1.807) is 0 Å². The fraction of sp³-hybridized carbons (Fsp3) is 0.938. The van der Waals surface area contributed by atoms with Gasteiger partial charge in [0, 0.05) is 19.5 Å². The van der Waals surface area contributed by atoms with Gasteiger partial charge in [0.2, 0.25) is 5.91 Å². The Bertz CT molecular complexity index is 265. The van der Waals surface area contributed by atoms with Crippen LogP contribution in [0.1, 0.15) is 66.7 Å². The Morgan fingerprint density at radius 3 is 2.44 bits per heavy atom. The summed E-state index contributed by atoms with van der Waals surface area (Å²) >= 11 is 0. The van der Waals surface area contributed by atoms with Gasteiger partial charge in [-0.15, -0.1) is 0 Å². The summed E-state index contributed by atoms with van der Waals surface area (Å²) in [6.07, 6.45) is 5.38. The van der Waals surface area contributed by atoms with Crippen LogP contribution in [0.4, 0.5) is 0 Å². The molecule has 0 saturated carbocycles. The second-order valence-electron chi connectivity index (χ2n) is 7.38. The molecular formula is C16H31NO. The van der Waals surface area contributed by atoms with Crippen molar-refractivity contribution >= 4 is 5.91 Å². The molecule has 0 aromatic heterocycles. The predicted octanol–water partition coefficient (Wildman–Crippen LogP) is 4.10. The highest BCUT2D eigenvalue weighted by atomic mass is 16.2. The molecule has 0 aliphatic carbocycles. The molecule has 1 heterocycles. The van der Waals surface area contributed by atoms with Crippen molar-refractivity contribution in [2.75, 3.05) is 13.1 Å². The van der Waals surface area contributed by atoms with Crippen LogP contribution < -0.4 is 0 Å². The molecule has 0 radical (unpaired) electrons. The number of nitrogens with zero attached hydrogens (tertiary/aromatic N) is 1. The quantitative estimate of drug-likeness (QED) is 0.741. The first kappa shape index (κ1) is 15.5. The molecular weight excluding hydrogens is 222 g/mol. The third kappa shape index (κ3) is 5.41. The summed E-state index contributed by atoms with van der Waals surface area (Å²) in [5, 5.41) is 0. The SMILES string of the molecule is CC(C)[C@H]1CCCN(C(=O)CCC(C)(C)C)CC1. The van der Waals surface area contributed by atoms with E-state index in [1.807, 2.05) is 0 Å². The minimum Gasteiger partial charge on any atom is -0.343 e. The van der Waals surface area contributed by atoms with Gasteiger partial charge in [0.1, 0.15) is 0 Å². The van der Waals surface area contributed by atoms with Crippen LogP contribution in [-0.2, 0) is 4.79 Å². The maximum Gasteiger partial charge on any atom is 0.222 e. The van der Waals surface area contributed by atoms with Crippen LogP contribution in [0.15, 0.2) is 0 Å². The summed E-state index contributed by atoms with van der Waals surface area (Å²) in [4.78, 5) is 14.3. The molecule has 1 amide bonds. The Morgan fingerprint density at radius 1 is 1.22 bits per heavy atom. The minimum atomic E-state index is 0.266. The fourth-order valence-electron chi connectivity index (χ4n) is 2.68. The van der Waals surface area contributed by atoms with Gasteiger partial charge in [-0.3, -0.25) is 4.79 Å². The lowest BCUT2D eigenvalue weighted by molar-refractivity contribution is -0.131. The summed E-state index contributed by atoms with van der Waals surface area (Å²) in [6.45, 7) is 13.2. The number of rotatable bonds is 3. The molecule has 0 aromatic carbocycles. The van der Waals surface area contributed by atoms with Crippen LogP contribution in [0.5, 0.6) is 0 Å². The second kappa shape index (κ2) is 6.58. The Hall–Kier alpha value is -0.530. The highest BCUT2D eigenvalue weighted by Crippen LogP contribution is 2.26. The monoisotopic (exact) mass is 253 g/mol. The van der Waals surface area contributed by atoms with Crippen molar-refractivity contribution in [3.8, 4) is 0 Å². The maximum atomic E-state index is 12.2. The van der Waals surface area contributed by atoms with E-state index >= 15 is 0 Å². The highest BCUT2D eigenvalue weighted by molar-refractivity contribution is 5.76. The molecule has 1 aliphatic heterocycles. The van der Waals surface area contributed by atoms with Gasteiger partial charge < -0.3 is 4.90 Å². The number of carbonyl (C=O) groups is 1. The smallest absolute Gasteiger partial charge is 0.222 e. The average Bonchev–Trinajstić information content (AvgIpc) is 2.50. The van der Waals surface area contributed by atoms with E-state index in [0.29, 0.717) is 5.91 Å². The zero-order valence-electron chi connectivity index (χ0n) is 13.0. The lowest BCUT2D eigenvalue weighted by Crippen LogP contribution is -2.32. The predicted molar refractivity (Wildman–Crippen MR) is 77.4 cm³/mol. The standard InChI is InChI=1S/C16H31NO/c1-13(2)14-7-6-11-17(12-9-14)15(18)8-10-16(3,4)5/h13-14H,6-12H2,1-5H3/t14-/m0/s1. The van der Waals surface area contributed by atoms with Gasteiger partial charge in [-0.25, -0.2) is 0 Å². The maximum absolute atomic E-state index is 12.2. The van der Waals surface area contributed by atoms with E-state index < -0.39 is 0 Å². The molecule has 0 bridgehead atoms. The summed E-state index contributed by atoms with van der Waals surface area (Å²) in [7, 11) is 0. The van der Waals surface area contributed by atoms with Crippen LogP contribution in [0.3, 0.4) is 0 Å². The van der Waals surface area contributed by atoms with Crippen LogP contribution in [0.25, 0.3) is 0 Å². The number of hydrogen-bond donors (Lipinski definition) is 0. The molecule has 1 rings (SSSR count). The van der Waals surface area contributed by atoms with Crippen molar-refractivity contribution in [3.05, 3.63) is 0 Å². The molecule has 0 spiro atoms. The number of hydrogen-bond acceptors (Lipinski definition) is 1. The first-order valence-corrected chi connectivity index (χ1v) is 7.57. The minimum absolute atomic E-state index is 0.266. The largest absolute Gasteiger partial charge is 0.343 e. The molecule has 1 saturated heterocycles. The molecule has 0 aromatic rings. The van der Waals surface area contributed by atoms with E-state index in [-0.39, 0.29) is 5.41 Å². The molecule has 2 heteroatoms. The van der Waals surface area contributed by atoms with Crippen LogP contribution >= 0.6 is 0 Å². The molecule has 1 aliphatic rings. The van der Waals surface area contributed by atoms with Gasteiger partial charge in [0.15, 0.2) is 0 Å². The van der Waals surface area contributed by atoms with Gasteiger partial charge in [-0.05, 0) is 42.9 Å². The van der Waals surface area contributed by atoms with E-state index in [0.717, 1.165) is 37.8 Å². The van der Waals surface area contributed by atoms with Crippen LogP contribution in [0, 0.1) is 17.3 Å². The summed E-state index contributed by atoms with van der Waals surface area (Å²) in [5.74, 6) is 1.94. The fourth-order valence-corrected chi connectivity index (χ4v) is 2.68. The molecule has 1 fully saturated rings. The van der Waals surface area contributed by atoms with Crippen molar-refractivity contribution in [1.82, 2.24) is 4.90 Å². The number of carbonyl (C=O) groups excluding carboxylic acids is 1. The van der Waals surface area contributed by atoms with E-state index in [1.165, 1.54) is 19.3 Å². The van der Waals surface area contributed by atoms with Crippen molar-refractivity contribution in [3.63, 3.8) is 0 Å². The Balaban J connectivity index is 2.40. The summed E-state index contributed by atoms with van der Waals surface area (Å²) in [5.41, 5.74) is 0.266. The van der Waals surface area contributed by atoms with Crippen molar-refractivity contribution in [2.24, 2.45) is 17.3 Å². The first-order valence-electron chi connectivity index (χ1n) is 7.57. The van der Waals surface area contributed by atoms with Crippen molar-refractivity contribution in [2.45, 2.75) is 66.7 Å². The third-order valence-corrected chi connectivity index (χ3v) is 4.16. The van der Waals surface area contributed by atoms with Crippen LogP contribution in [0.2, 0.25) is 0 Å². The average molecular weight is 253 g/mol. The van der Waals surface area contributed by atoms with Crippen LogP contribution in [-0.4, -0.2) is 23.9 Å². The molecule has 2 nitrogen and oxygen atoms in total. The number of likely N-dealkylation sites (tertiary alicyclic amines) is 1. The topological polar surface area (TPSA) is 20.3 Å². The lowest BCUT2D eigenvalue weighted by atomic mass is 9.89. The molecule has 0 unspecified atom stereocenters.